The molecule has 2 heterocycles. The number of aryl methyl sites for hydroxylation is 1. The molecule has 4 heteroatoms. The van der Waals surface area contributed by atoms with E-state index in [1.54, 1.807) is 0 Å². The summed E-state index contributed by atoms with van der Waals surface area (Å²) in [7, 11) is 0. The summed E-state index contributed by atoms with van der Waals surface area (Å²) in [5.74, 6) is 0.871. The van der Waals surface area contributed by atoms with E-state index in [1.165, 1.54) is 65.8 Å². The Hall–Kier alpha value is -1.55. The van der Waals surface area contributed by atoms with Crippen LogP contribution in [0.25, 0.3) is 10.1 Å². The highest BCUT2D eigenvalue weighted by molar-refractivity contribution is 7.19. The lowest BCUT2D eigenvalue weighted by molar-refractivity contribution is 0.226. The lowest BCUT2D eigenvalue weighted by Crippen LogP contribution is -2.30. The van der Waals surface area contributed by atoms with Gasteiger partial charge in [0.15, 0.2) is 0 Å². The van der Waals surface area contributed by atoms with Crippen molar-refractivity contribution in [3.8, 4) is 5.75 Å². The number of likely N-dealkylation sites (tertiary alicyclic amines) is 1. The molecular weight excluding hydrogens is 374 g/mol. The number of halogens is 1. The van der Waals surface area contributed by atoms with Crippen molar-refractivity contribution in [3.05, 3.63) is 64.0 Å². The number of hydrogen-bond acceptors (Lipinski definition) is 3. The van der Waals surface area contributed by atoms with E-state index in [0.717, 1.165) is 17.2 Å². The molecule has 1 aliphatic heterocycles. The van der Waals surface area contributed by atoms with Crippen LogP contribution < -0.4 is 4.74 Å². The molecule has 0 atom stereocenters. The second-order valence-corrected chi connectivity index (χ2v) is 8.82. The number of nitrogens with zero attached hydrogens (tertiary/aromatic N) is 1. The van der Waals surface area contributed by atoms with Gasteiger partial charge in [0.2, 0.25) is 0 Å². The molecule has 142 valence electrons. The molecule has 0 bridgehead atoms. The molecule has 27 heavy (non-hydrogen) atoms. The molecule has 0 amide bonds. The predicted molar refractivity (Wildman–Crippen MR) is 116 cm³/mol. The third-order valence-electron chi connectivity index (χ3n) is 5.32. The Kier molecular flexibility index (Phi) is 6.33. The molecule has 0 radical (unpaired) electrons. The van der Waals surface area contributed by atoms with Gasteiger partial charge in [0, 0.05) is 14.6 Å². The van der Waals surface area contributed by atoms with E-state index in [2.05, 4.69) is 29.2 Å². The fourth-order valence-electron chi connectivity index (χ4n) is 3.88. The summed E-state index contributed by atoms with van der Waals surface area (Å²) in [5, 5.41) is 2.14. The largest absolute Gasteiger partial charge is 0.488 e. The maximum absolute atomic E-state index is 6.05. The second kappa shape index (κ2) is 9.09. The number of ether oxygens (including phenoxy) is 1. The first-order valence-electron chi connectivity index (χ1n) is 9.89. The van der Waals surface area contributed by atoms with E-state index in [0.29, 0.717) is 6.61 Å². The predicted octanol–water partition coefficient (Wildman–Crippen LogP) is 6.55. The molecule has 0 spiro atoms. The zero-order chi connectivity index (χ0) is 18.5. The highest BCUT2D eigenvalue weighted by Crippen LogP contribution is 2.33. The van der Waals surface area contributed by atoms with Crippen molar-refractivity contribution in [1.82, 2.24) is 4.90 Å². The zero-order valence-electron chi connectivity index (χ0n) is 15.6. The maximum atomic E-state index is 6.05. The van der Waals surface area contributed by atoms with Crippen molar-refractivity contribution in [1.29, 1.82) is 0 Å². The smallest absolute Gasteiger partial charge is 0.123 e. The van der Waals surface area contributed by atoms with E-state index < -0.39 is 0 Å². The number of thiophene rings is 1. The first kappa shape index (κ1) is 18.8. The minimum atomic E-state index is 0.625. The van der Waals surface area contributed by atoms with Gasteiger partial charge < -0.3 is 9.64 Å². The molecule has 0 unspecified atom stereocenters. The molecule has 3 aromatic rings. The highest BCUT2D eigenvalue weighted by atomic mass is 35.5. The number of piperidine rings is 1. The van der Waals surface area contributed by atoms with E-state index in [9.17, 15) is 0 Å². The molecule has 0 N–H and O–H groups in total. The Balaban J connectivity index is 1.45. The molecule has 4 rings (SSSR count). The molecule has 1 aliphatic rings. The molecule has 2 aromatic carbocycles. The summed E-state index contributed by atoms with van der Waals surface area (Å²) in [4.78, 5) is 3.98. The van der Waals surface area contributed by atoms with Crippen LogP contribution in [0.1, 0.15) is 36.1 Å². The molecule has 2 nitrogen and oxygen atoms in total. The van der Waals surface area contributed by atoms with E-state index in [1.807, 2.05) is 35.6 Å². The summed E-state index contributed by atoms with van der Waals surface area (Å²) in [6.45, 7) is 4.38. The van der Waals surface area contributed by atoms with Gasteiger partial charge in [-0.1, -0.05) is 36.2 Å². The normalized spacial score (nSPS) is 15.3. The average Bonchev–Trinajstić information content (AvgIpc) is 3.06. The molecule has 1 aromatic heterocycles. The van der Waals surface area contributed by atoms with E-state index in [-0.39, 0.29) is 0 Å². The van der Waals surface area contributed by atoms with Gasteiger partial charge in [-0.25, -0.2) is 0 Å². The molecule has 0 saturated carbocycles. The van der Waals surface area contributed by atoms with Crippen molar-refractivity contribution in [2.24, 2.45) is 0 Å². The first-order chi connectivity index (χ1) is 13.3. The summed E-state index contributed by atoms with van der Waals surface area (Å²) < 4.78 is 7.42. The Bertz CT molecular complexity index is 868. The Morgan fingerprint density at radius 3 is 2.56 bits per heavy atom. The lowest BCUT2D eigenvalue weighted by Gasteiger charge is -2.26. The summed E-state index contributed by atoms with van der Waals surface area (Å²) in [6, 6.07) is 16.4. The lowest BCUT2D eigenvalue weighted by atomic mass is 10.0. The van der Waals surface area contributed by atoms with Crippen LogP contribution in [0, 0.1) is 0 Å². The van der Waals surface area contributed by atoms with E-state index >= 15 is 0 Å². The van der Waals surface area contributed by atoms with Crippen LogP contribution in [-0.2, 0) is 13.0 Å². The Morgan fingerprint density at radius 1 is 0.963 bits per heavy atom. The van der Waals surface area contributed by atoms with Crippen LogP contribution in [0.3, 0.4) is 0 Å². The Morgan fingerprint density at radius 2 is 1.74 bits per heavy atom. The van der Waals surface area contributed by atoms with Gasteiger partial charge in [-0.15, -0.1) is 11.3 Å². The quantitative estimate of drug-likeness (QED) is 0.446. The molecule has 0 aliphatic carbocycles. The minimum absolute atomic E-state index is 0.625. The third kappa shape index (κ3) is 4.84. The van der Waals surface area contributed by atoms with Gasteiger partial charge in [0.1, 0.15) is 12.4 Å². The third-order valence-corrected chi connectivity index (χ3v) is 6.75. The Labute approximate surface area is 170 Å². The topological polar surface area (TPSA) is 12.5 Å². The zero-order valence-corrected chi connectivity index (χ0v) is 17.2. The number of rotatable bonds is 7. The summed E-state index contributed by atoms with van der Waals surface area (Å²) in [6.07, 6.45) is 6.47. The number of fused-ring (bicyclic) bond motifs is 1. The van der Waals surface area contributed by atoms with Crippen LogP contribution in [0.2, 0.25) is 5.02 Å². The van der Waals surface area contributed by atoms with Crippen LogP contribution >= 0.6 is 22.9 Å². The van der Waals surface area contributed by atoms with Crippen LogP contribution in [0.4, 0.5) is 0 Å². The highest BCUT2D eigenvalue weighted by Gasteiger charge is 2.14. The van der Waals surface area contributed by atoms with Crippen molar-refractivity contribution in [2.45, 2.75) is 38.7 Å². The fourth-order valence-corrected chi connectivity index (χ4v) is 5.17. The van der Waals surface area contributed by atoms with Crippen LogP contribution in [-0.4, -0.2) is 24.5 Å². The standard InChI is InChI=1S/C23H26ClNOS/c24-18-10-12-19(13-11-18)26-17-23-21(20-7-2-3-9-22(20)27-23)8-6-16-25-14-4-1-5-15-25/h2-3,7,9-13H,1,4-6,8,14-17H2. The maximum Gasteiger partial charge on any atom is 0.123 e. The summed E-state index contributed by atoms with van der Waals surface area (Å²) >= 11 is 7.84. The van der Waals surface area contributed by atoms with Gasteiger partial charge in [-0.2, -0.15) is 0 Å². The average molecular weight is 400 g/mol. The number of benzene rings is 2. The first-order valence-corrected chi connectivity index (χ1v) is 11.1. The van der Waals surface area contributed by atoms with Gasteiger partial charge >= 0.3 is 0 Å². The van der Waals surface area contributed by atoms with Crippen molar-refractivity contribution in [2.75, 3.05) is 19.6 Å². The second-order valence-electron chi connectivity index (χ2n) is 7.25. The van der Waals surface area contributed by atoms with E-state index in [4.69, 9.17) is 16.3 Å². The van der Waals surface area contributed by atoms with Gasteiger partial charge in [-0.3, -0.25) is 0 Å². The van der Waals surface area contributed by atoms with Crippen molar-refractivity contribution in [3.63, 3.8) is 0 Å². The fraction of sp³-hybridized carbons (Fsp3) is 0.391. The van der Waals surface area contributed by atoms with Crippen molar-refractivity contribution >= 4 is 33.0 Å². The SMILES string of the molecule is Clc1ccc(OCc2sc3ccccc3c2CCCN2CCCCC2)cc1. The van der Waals surface area contributed by atoms with Gasteiger partial charge in [0.25, 0.3) is 0 Å². The van der Waals surface area contributed by atoms with Crippen LogP contribution in [0.5, 0.6) is 5.75 Å². The monoisotopic (exact) mass is 399 g/mol. The number of hydrogen-bond donors (Lipinski definition) is 0. The minimum Gasteiger partial charge on any atom is -0.488 e. The van der Waals surface area contributed by atoms with Crippen LogP contribution in [0.15, 0.2) is 48.5 Å². The molecule has 1 fully saturated rings. The van der Waals surface area contributed by atoms with Gasteiger partial charge in [0.05, 0.1) is 0 Å². The van der Waals surface area contributed by atoms with Gasteiger partial charge in [-0.05, 0) is 86.6 Å². The summed E-state index contributed by atoms with van der Waals surface area (Å²) in [5.41, 5.74) is 1.47. The van der Waals surface area contributed by atoms with Crippen molar-refractivity contribution < 1.29 is 4.74 Å². The molecule has 1 saturated heterocycles. The molecular formula is C23H26ClNOS.